The van der Waals surface area contributed by atoms with Crippen LogP contribution in [0.3, 0.4) is 0 Å². The van der Waals surface area contributed by atoms with Gasteiger partial charge >= 0.3 is 59.7 Å². The van der Waals surface area contributed by atoms with Gasteiger partial charge in [0, 0.05) is 73.4 Å². The van der Waals surface area contributed by atoms with E-state index in [1.807, 2.05) is 36.4 Å². The number of ether oxygens (including phenoxy) is 10. The lowest BCUT2D eigenvalue weighted by Crippen LogP contribution is -2.14. The summed E-state index contributed by atoms with van der Waals surface area (Å²) < 4.78 is 46.0. The van der Waals surface area contributed by atoms with Crippen LogP contribution in [0.15, 0.2) is 48.6 Å². The third kappa shape index (κ3) is 85.9. The maximum absolute atomic E-state index is 11.0. The molecule has 428 valence electrons. The lowest BCUT2D eigenvalue weighted by atomic mass is 10.2. The summed E-state index contributed by atoms with van der Waals surface area (Å²) in [7, 11) is 0. The van der Waals surface area contributed by atoms with E-state index in [1.165, 1.54) is 13.8 Å². The largest absolute Gasteiger partial charge is 0.465 e. The molecule has 20 nitrogen and oxygen atoms in total. The van der Waals surface area contributed by atoms with Gasteiger partial charge in [0.15, 0.2) is 0 Å². The Hall–Kier alpha value is -2.84. The zero-order valence-corrected chi connectivity index (χ0v) is 50.2. The van der Waals surface area contributed by atoms with Crippen molar-refractivity contribution in [3.63, 3.8) is 0 Å². The molecule has 0 N–H and O–H groups in total. The number of thiol groups is 10. The fourth-order valence-electron chi connectivity index (χ4n) is 3.16. The first-order chi connectivity index (χ1) is 35.3. The lowest BCUT2D eigenvalue weighted by Gasteiger charge is -2.03. The fourth-order valence-corrected chi connectivity index (χ4v) is 4.26. The molecule has 30 heteroatoms. The molecule has 0 saturated carbocycles. The van der Waals surface area contributed by atoms with Crippen LogP contribution in [0.4, 0.5) is 0 Å². The first-order valence-corrected chi connectivity index (χ1v) is 28.0. The minimum atomic E-state index is -0.582. The van der Waals surface area contributed by atoms with Crippen molar-refractivity contribution < 1.29 is 95.3 Å². The Morgan fingerprint density at radius 3 is 0.743 bits per heavy atom. The highest BCUT2D eigenvalue weighted by molar-refractivity contribution is 7.81. The van der Waals surface area contributed by atoms with Gasteiger partial charge < -0.3 is 47.4 Å². The van der Waals surface area contributed by atoms with Gasteiger partial charge in [-0.15, -0.1) is 25.3 Å². The molecule has 0 atom stereocenters. The van der Waals surface area contributed by atoms with Crippen molar-refractivity contribution >= 4 is 186 Å². The molecule has 0 unspecified atom stereocenters. The average molecular weight is 1240 g/mol. The van der Waals surface area contributed by atoms with Crippen LogP contribution in [0, 0.1) is 0 Å². The van der Waals surface area contributed by atoms with Gasteiger partial charge in [0.05, 0.1) is 24.3 Å². The van der Waals surface area contributed by atoms with Crippen molar-refractivity contribution in [2.75, 3.05) is 111 Å². The van der Waals surface area contributed by atoms with Crippen LogP contribution < -0.4 is 0 Å². The number of rotatable bonds is 29. The van der Waals surface area contributed by atoms with Gasteiger partial charge in [-0.1, -0.05) is 36.4 Å². The van der Waals surface area contributed by atoms with E-state index in [0.29, 0.717) is 73.4 Å². The standard InChI is InChI=1S/C10H18O4S2.C8H14O4S2.C8H12O4S2.C6H10O4S2.C6H6.2C3H6O2S/c11-9(13-5-7-15)3-1-2-4-10(12)14-6-8-16;2*9-7(11-3-5-13)1-2-8(10)12-4-6-14;7-5(3-11)9-1-2-10-6(8)4-12;1-2-4-6-5-3-1;2*1-3(4)5-2-6/h15-16H,1-8H2;13-14H,1-6H2;1-2,13-14H,3-6H2;11-12H,1-4H2;1-6H;2*6H,2H2,1H3/b;;2-1+;;;;. The molecule has 0 aliphatic rings. The molecule has 0 bridgehead atoms. The van der Waals surface area contributed by atoms with Crippen LogP contribution in [0.1, 0.15) is 52.4 Å². The van der Waals surface area contributed by atoms with Gasteiger partial charge in [0.25, 0.3) is 0 Å². The van der Waals surface area contributed by atoms with Gasteiger partial charge in [-0.2, -0.15) is 101 Å². The maximum Gasteiger partial charge on any atom is 0.331 e. The van der Waals surface area contributed by atoms with Crippen molar-refractivity contribution in [2.24, 2.45) is 0 Å². The van der Waals surface area contributed by atoms with E-state index in [2.05, 4.69) is 155 Å². The van der Waals surface area contributed by atoms with E-state index < -0.39 is 35.8 Å². The second-order valence-corrected chi connectivity index (χ2v) is 15.9. The van der Waals surface area contributed by atoms with Crippen molar-refractivity contribution in [1.82, 2.24) is 0 Å². The molecule has 0 saturated heterocycles. The van der Waals surface area contributed by atoms with Crippen molar-refractivity contribution in [3.05, 3.63) is 48.6 Å². The maximum atomic E-state index is 11.0. The highest BCUT2D eigenvalue weighted by Crippen LogP contribution is 2.03. The second-order valence-electron chi connectivity index (χ2n) is 12.0. The topological polar surface area (TPSA) is 263 Å². The third-order valence-electron chi connectivity index (χ3n) is 6.06. The molecule has 0 amide bonds. The first-order valence-electron chi connectivity index (χ1n) is 21.7. The Labute approximate surface area is 489 Å². The minimum absolute atomic E-state index is 0.0283. The zero-order valence-electron chi connectivity index (χ0n) is 41.2. The Bertz CT molecular complexity index is 1470. The van der Waals surface area contributed by atoms with Gasteiger partial charge in [0.1, 0.15) is 64.7 Å². The normalized spacial score (nSPS) is 9.24. The average Bonchev–Trinajstić information content (AvgIpc) is 3.39. The van der Waals surface area contributed by atoms with Gasteiger partial charge in [0.2, 0.25) is 0 Å². The highest BCUT2D eigenvalue weighted by atomic mass is 32.1. The monoisotopic (exact) mass is 1240 g/mol. The molecule has 74 heavy (non-hydrogen) atoms. The van der Waals surface area contributed by atoms with E-state index in [4.69, 9.17) is 18.9 Å². The van der Waals surface area contributed by atoms with Gasteiger partial charge in [-0.3, -0.25) is 38.4 Å². The van der Waals surface area contributed by atoms with E-state index in [1.54, 1.807) is 0 Å². The minimum Gasteiger partial charge on any atom is -0.465 e. The van der Waals surface area contributed by atoms with Crippen molar-refractivity contribution in [3.8, 4) is 0 Å². The Morgan fingerprint density at radius 2 is 0.541 bits per heavy atom. The smallest absolute Gasteiger partial charge is 0.331 e. The zero-order chi connectivity index (χ0) is 57.5. The number of benzene rings is 1. The number of hydrogen-bond donors (Lipinski definition) is 10. The Balaban J connectivity index is -0.000000188. The lowest BCUT2D eigenvalue weighted by molar-refractivity contribution is -0.149. The van der Waals surface area contributed by atoms with Crippen molar-refractivity contribution in [2.45, 2.75) is 52.4 Å². The fraction of sp³-hybridized carbons (Fsp3) is 0.591. The highest BCUT2D eigenvalue weighted by Gasteiger charge is 2.09. The van der Waals surface area contributed by atoms with Crippen LogP contribution in [0.5, 0.6) is 0 Å². The summed E-state index contributed by atoms with van der Waals surface area (Å²) in [5.41, 5.74) is 0. The molecule has 0 heterocycles. The van der Waals surface area contributed by atoms with E-state index in [-0.39, 0.29) is 99.7 Å². The molecule has 1 aromatic carbocycles. The third-order valence-corrected chi connectivity index (χ3v) is 7.93. The number of hydrogen-bond acceptors (Lipinski definition) is 30. The molecule has 0 aliphatic heterocycles. The van der Waals surface area contributed by atoms with Crippen LogP contribution in [-0.2, 0) is 95.3 Å². The quantitative estimate of drug-likeness (QED) is 0.0124. The molecule has 0 radical (unpaired) electrons. The molecular formula is C44H72O20S10. The van der Waals surface area contributed by atoms with E-state index in [9.17, 15) is 47.9 Å². The summed E-state index contributed by atoms with van der Waals surface area (Å²) in [5, 5.41) is 0. The molecular weight excluding hydrogens is 1170 g/mol. The number of esters is 10. The predicted octanol–water partition coefficient (Wildman–Crippen LogP) is 5.19. The summed E-state index contributed by atoms with van der Waals surface area (Å²) in [6, 6.07) is 12.0. The molecule has 0 spiro atoms. The van der Waals surface area contributed by atoms with Crippen LogP contribution in [-0.4, -0.2) is 170 Å². The molecule has 1 rings (SSSR count). The first kappa shape index (κ1) is 82.5. The SMILES string of the molecule is CC(=O)OCS.CC(=O)OCS.O=C(/C=C/C(=O)OCCS)OCCS.O=C(CCC(=O)OCCS)OCCS.O=C(CCCCC(=O)OCCS)OCCS.O=C(CS)OCCOC(=O)CS.c1ccccc1. The molecule has 0 fully saturated rings. The number of carbonyl (C=O) groups is 10. The summed E-state index contributed by atoms with van der Waals surface area (Å²) in [6.45, 7) is 4.49. The summed E-state index contributed by atoms with van der Waals surface area (Å²) in [5.74, 6) is -0.549. The predicted molar refractivity (Wildman–Crippen MR) is 313 cm³/mol. The van der Waals surface area contributed by atoms with Crippen molar-refractivity contribution in [1.29, 1.82) is 0 Å². The van der Waals surface area contributed by atoms with Crippen LogP contribution in [0.2, 0.25) is 0 Å². The van der Waals surface area contributed by atoms with Crippen LogP contribution >= 0.6 is 126 Å². The Morgan fingerprint density at radius 1 is 0.311 bits per heavy atom. The molecule has 1 aromatic rings. The van der Waals surface area contributed by atoms with E-state index >= 15 is 0 Å². The summed E-state index contributed by atoms with van der Waals surface area (Å²) in [6.07, 6.45) is 4.11. The van der Waals surface area contributed by atoms with Gasteiger partial charge in [-0.25, -0.2) is 9.59 Å². The van der Waals surface area contributed by atoms with E-state index in [0.717, 1.165) is 12.2 Å². The van der Waals surface area contributed by atoms with Gasteiger partial charge in [-0.05, 0) is 12.8 Å². The number of unbranched alkanes of at least 4 members (excludes halogenated alkanes) is 1. The second kappa shape index (κ2) is 70.2. The van der Waals surface area contributed by atoms with Crippen LogP contribution in [0.25, 0.3) is 0 Å². The Kier molecular flexibility index (Phi) is 78.2. The number of carbonyl (C=O) groups excluding carboxylic acids is 10. The summed E-state index contributed by atoms with van der Waals surface area (Å²) in [4.78, 5) is 106. The summed E-state index contributed by atoms with van der Waals surface area (Å²) >= 11 is 37.9. The molecule has 0 aromatic heterocycles. The molecule has 0 aliphatic carbocycles.